The lowest BCUT2D eigenvalue weighted by Crippen LogP contribution is -2.21. The van der Waals surface area contributed by atoms with Crippen LogP contribution in [0.2, 0.25) is 0 Å². The second kappa shape index (κ2) is 7.97. The Labute approximate surface area is 113 Å². The molecule has 0 amide bonds. The first-order chi connectivity index (χ1) is 8.61. The fraction of sp³-hybridized carbons (Fsp3) is 0.500. The van der Waals surface area contributed by atoms with E-state index in [0.717, 1.165) is 18.7 Å². The van der Waals surface area contributed by atoms with Crippen molar-refractivity contribution in [3.63, 3.8) is 0 Å². The summed E-state index contributed by atoms with van der Waals surface area (Å²) in [5.74, 6) is 0.709. The topological polar surface area (TPSA) is 63.4 Å². The van der Waals surface area contributed by atoms with E-state index >= 15 is 0 Å². The van der Waals surface area contributed by atoms with Crippen LogP contribution in [0.4, 0.5) is 5.82 Å². The van der Waals surface area contributed by atoms with Gasteiger partial charge in [-0.2, -0.15) is 0 Å². The lowest BCUT2D eigenvalue weighted by molar-refractivity contribution is 0.126. The van der Waals surface area contributed by atoms with E-state index in [-0.39, 0.29) is 0 Å². The second-order valence-corrected chi connectivity index (χ2v) is 4.55. The molecule has 18 heavy (non-hydrogen) atoms. The molecule has 6 heteroatoms. The molecule has 1 rings (SSSR count). The summed E-state index contributed by atoms with van der Waals surface area (Å²) >= 11 is 4.96. The van der Waals surface area contributed by atoms with Crippen LogP contribution in [0.5, 0.6) is 0 Å². The summed E-state index contributed by atoms with van der Waals surface area (Å²) in [6.07, 6.45) is 1.71. The molecule has 0 radical (unpaired) electrons. The van der Waals surface area contributed by atoms with E-state index in [9.17, 15) is 0 Å². The van der Waals surface area contributed by atoms with Gasteiger partial charge in [0.25, 0.3) is 0 Å². The fourth-order valence-electron chi connectivity index (χ4n) is 1.34. The highest BCUT2D eigenvalue weighted by atomic mass is 32.1. The second-order valence-electron chi connectivity index (χ2n) is 4.11. The van der Waals surface area contributed by atoms with Gasteiger partial charge >= 0.3 is 0 Å². The van der Waals surface area contributed by atoms with Crippen molar-refractivity contribution in [1.82, 2.24) is 9.88 Å². The molecule has 1 aromatic heterocycles. The molecule has 0 saturated heterocycles. The standard InChI is InChI=1S/C12H20N4OS/c1-16(2)7-9-17-8-6-15-12-10(11(13)18)4-3-5-14-12/h3-5H,6-9H2,1-2H3,(H2,13,18)(H,14,15). The highest BCUT2D eigenvalue weighted by Gasteiger charge is 2.04. The van der Waals surface area contributed by atoms with Crippen molar-refractivity contribution in [3.8, 4) is 0 Å². The largest absolute Gasteiger partial charge is 0.389 e. The van der Waals surface area contributed by atoms with Gasteiger partial charge in [0, 0.05) is 19.3 Å². The minimum absolute atomic E-state index is 0.346. The van der Waals surface area contributed by atoms with Gasteiger partial charge in [0.05, 0.1) is 18.8 Å². The van der Waals surface area contributed by atoms with Crippen LogP contribution in [0, 0.1) is 0 Å². The van der Waals surface area contributed by atoms with Gasteiger partial charge in [0.2, 0.25) is 0 Å². The van der Waals surface area contributed by atoms with E-state index in [0.29, 0.717) is 24.0 Å². The van der Waals surface area contributed by atoms with E-state index in [1.54, 1.807) is 6.20 Å². The first kappa shape index (κ1) is 14.8. The zero-order chi connectivity index (χ0) is 13.4. The van der Waals surface area contributed by atoms with Crippen LogP contribution in [-0.4, -0.2) is 55.3 Å². The number of hydrogen-bond acceptors (Lipinski definition) is 5. The van der Waals surface area contributed by atoms with E-state index in [2.05, 4.69) is 15.2 Å². The van der Waals surface area contributed by atoms with Gasteiger partial charge < -0.3 is 20.7 Å². The monoisotopic (exact) mass is 268 g/mol. The summed E-state index contributed by atoms with van der Waals surface area (Å²) in [5.41, 5.74) is 6.38. The minimum atomic E-state index is 0.346. The van der Waals surface area contributed by atoms with Crippen molar-refractivity contribution >= 4 is 23.0 Å². The molecule has 3 N–H and O–H groups in total. The normalized spacial score (nSPS) is 10.6. The Kier molecular flexibility index (Phi) is 6.56. The van der Waals surface area contributed by atoms with Gasteiger partial charge in [-0.25, -0.2) is 4.98 Å². The average Bonchev–Trinajstić information content (AvgIpc) is 2.33. The Bertz CT molecular complexity index is 384. The SMILES string of the molecule is CN(C)CCOCCNc1ncccc1C(N)=S. The van der Waals surface area contributed by atoms with Gasteiger partial charge in [0.1, 0.15) is 10.8 Å². The van der Waals surface area contributed by atoms with Crippen LogP contribution in [-0.2, 0) is 4.74 Å². The average molecular weight is 268 g/mol. The molecule has 100 valence electrons. The Balaban J connectivity index is 2.29. The molecule has 0 unspecified atom stereocenters. The number of aromatic nitrogens is 1. The van der Waals surface area contributed by atoms with Gasteiger partial charge in [-0.15, -0.1) is 0 Å². The molecule has 0 bridgehead atoms. The first-order valence-electron chi connectivity index (χ1n) is 5.82. The molecule has 0 atom stereocenters. The number of nitrogens with two attached hydrogens (primary N) is 1. The Morgan fingerprint density at radius 3 is 2.94 bits per heavy atom. The summed E-state index contributed by atoms with van der Waals surface area (Å²) < 4.78 is 5.47. The maximum absolute atomic E-state index is 5.61. The minimum Gasteiger partial charge on any atom is -0.389 e. The molecule has 5 nitrogen and oxygen atoms in total. The third-order valence-corrected chi connectivity index (χ3v) is 2.51. The molecule has 1 heterocycles. The van der Waals surface area contributed by atoms with Gasteiger partial charge in [0.15, 0.2) is 0 Å². The Hall–Kier alpha value is -1.24. The molecule has 0 aliphatic rings. The third kappa shape index (κ3) is 5.39. The van der Waals surface area contributed by atoms with E-state index in [1.807, 2.05) is 26.2 Å². The smallest absolute Gasteiger partial charge is 0.136 e. The van der Waals surface area contributed by atoms with Crippen LogP contribution >= 0.6 is 12.2 Å². The van der Waals surface area contributed by atoms with Gasteiger partial charge in [-0.1, -0.05) is 12.2 Å². The number of thiocarbonyl (C=S) groups is 1. The van der Waals surface area contributed by atoms with Crippen LogP contribution in [0.15, 0.2) is 18.3 Å². The Morgan fingerprint density at radius 1 is 1.50 bits per heavy atom. The number of likely N-dealkylation sites (N-methyl/N-ethyl adjacent to an activating group) is 1. The number of hydrogen-bond donors (Lipinski definition) is 2. The number of pyridine rings is 1. The van der Waals surface area contributed by atoms with Crippen molar-refractivity contribution in [3.05, 3.63) is 23.9 Å². The Morgan fingerprint density at radius 2 is 2.28 bits per heavy atom. The quantitative estimate of drug-likeness (QED) is 0.535. The predicted octanol–water partition coefficient (Wildman–Crippen LogP) is 0.706. The predicted molar refractivity (Wildman–Crippen MR) is 78.0 cm³/mol. The fourth-order valence-corrected chi connectivity index (χ4v) is 1.50. The summed E-state index contributed by atoms with van der Waals surface area (Å²) in [6, 6.07) is 3.66. The van der Waals surface area contributed by atoms with Crippen LogP contribution in [0.1, 0.15) is 5.56 Å². The number of ether oxygens (including phenoxy) is 1. The van der Waals surface area contributed by atoms with Crippen molar-refractivity contribution in [2.75, 3.05) is 45.7 Å². The van der Waals surface area contributed by atoms with Gasteiger partial charge in [-0.05, 0) is 26.2 Å². The van der Waals surface area contributed by atoms with Crippen molar-refractivity contribution in [1.29, 1.82) is 0 Å². The highest BCUT2D eigenvalue weighted by molar-refractivity contribution is 7.80. The zero-order valence-electron chi connectivity index (χ0n) is 10.8. The summed E-state index contributed by atoms with van der Waals surface area (Å²) in [4.78, 5) is 6.63. The maximum Gasteiger partial charge on any atom is 0.136 e. The van der Waals surface area contributed by atoms with Crippen LogP contribution in [0.25, 0.3) is 0 Å². The number of rotatable bonds is 8. The number of anilines is 1. The molecule has 0 aliphatic heterocycles. The van der Waals surface area contributed by atoms with Crippen molar-refractivity contribution < 1.29 is 4.74 Å². The van der Waals surface area contributed by atoms with Gasteiger partial charge in [-0.3, -0.25) is 0 Å². The molecule has 0 aromatic carbocycles. The molecular formula is C12H20N4OS. The molecule has 1 aromatic rings. The van der Waals surface area contributed by atoms with Crippen LogP contribution < -0.4 is 11.1 Å². The van der Waals surface area contributed by atoms with Crippen LogP contribution in [0.3, 0.4) is 0 Å². The lowest BCUT2D eigenvalue weighted by atomic mass is 10.2. The maximum atomic E-state index is 5.61. The molecule has 0 fully saturated rings. The lowest BCUT2D eigenvalue weighted by Gasteiger charge is -2.11. The summed E-state index contributed by atoms with van der Waals surface area (Å²) in [6.45, 7) is 2.95. The van der Waals surface area contributed by atoms with E-state index < -0.39 is 0 Å². The molecule has 0 aliphatic carbocycles. The molecule has 0 spiro atoms. The number of nitrogens with one attached hydrogen (secondary N) is 1. The first-order valence-corrected chi connectivity index (χ1v) is 6.23. The highest BCUT2D eigenvalue weighted by Crippen LogP contribution is 2.10. The molecular weight excluding hydrogens is 248 g/mol. The van der Waals surface area contributed by atoms with Crippen molar-refractivity contribution in [2.45, 2.75) is 0 Å². The van der Waals surface area contributed by atoms with E-state index in [4.69, 9.17) is 22.7 Å². The third-order valence-electron chi connectivity index (χ3n) is 2.29. The summed E-state index contributed by atoms with van der Waals surface area (Å²) in [5, 5.41) is 3.17. The van der Waals surface area contributed by atoms with Crippen molar-refractivity contribution in [2.24, 2.45) is 5.73 Å². The zero-order valence-corrected chi connectivity index (χ0v) is 11.7. The summed E-state index contributed by atoms with van der Waals surface area (Å²) in [7, 11) is 4.04. The number of nitrogens with zero attached hydrogens (tertiary/aromatic N) is 2. The van der Waals surface area contributed by atoms with E-state index in [1.165, 1.54) is 0 Å². The molecule has 0 saturated carbocycles.